The highest BCUT2D eigenvalue weighted by Crippen LogP contribution is 2.40. The Hall–Kier alpha value is -2.61. The summed E-state index contributed by atoms with van der Waals surface area (Å²) < 4.78 is 5.49. The van der Waals surface area contributed by atoms with Gasteiger partial charge >= 0.3 is 0 Å². The normalized spacial score (nSPS) is 23.0. The molecule has 2 fully saturated rings. The highest BCUT2D eigenvalue weighted by molar-refractivity contribution is 5.94. The zero-order chi connectivity index (χ0) is 19.0. The second kappa shape index (κ2) is 7.09. The highest BCUT2D eigenvalue weighted by Gasteiger charge is 2.41. The lowest BCUT2D eigenvalue weighted by molar-refractivity contribution is 0.0191. The Morgan fingerprint density at radius 3 is 2.79 bits per heavy atom. The third-order valence-electron chi connectivity index (χ3n) is 6.35. The number of carbonyl (C=O) groups is 1. The van der Waals surface area contributed by atoms with Gasteiger partial charge in [0.25, 0.3) is 5.91 Å². The van der Waals surface area contributed by atoms with E-state index in [1.165, 1.54) is 0 Å². The highest BCUT2D eigenvalue weighted by atomic mass is 16.5. The number of amides is 1. The van der Waals surface area contributed by atoms with E-state index < -0.39 is 0 Å². The first-order chi connectivity index (χ1) is 13.7. The summed E-state index contributed by atoms with van der Waals surface area (Å²) in [5.41, 5.74) is 2.97. The molecule has 2 aliphatic heterocycles. The van der Waals surface area contributed by atoms with Crippen LogP contribution in [0.15, 0.2) is 24.9 Å². The quantitative estimate of drug-likeness (QED) is 0.870. The number of aryl methyl sites for hydroxylation is 1. The van der Waals surface area contributed by atoms with Gasteiger partial charge in [0.1, 0.15) is 6.33 Å². The second-order valence-electron chi connectivity index (χ2n) is 8.04. The van der Waals surface area contributed by atoms with Gasteiger partial charge in [0, 0.05) is 56.2 Å². The number of aromatic nitrogens is 4. The SMILES string of the molecule is O=C(c1cnc(NC2CCc3ncncc32)nc1)N1CCC2(CCOCC2)C1. The fourth-order valence-electron chi connectivity index (χ4n) is 4.62. The molecule has 8 heteroatoms. The molecule has 146 valence electrons. The molecule has 1 amide bonds. The molecule has 0 bridgehead atoms. The Bertz CT molecular complexity index is 865. The third-order valence-corrected chi connectivity index (χ3v) is 6.35. The topological polar surface area (TPSA) is 93.1 Å². The first-order valence-electron chi connectivity index (χ1n) is 9.97. The number of likely N-dealkylation sites (tertiary alicyclic amines) is 1. The lowest BCUT2D eigenvalue weighted by Crippen LogP contribution is -2.35. The van der Waals surface area contributed by atoms with Crippen molar-refractivity contribution in [3.05, 3.63) is 41.7 Å². The van der Waals surface area contributed by atoms with Crippen LogP contribution in [0.4, 0.5) is 5.95 Å². The molecular weight excluding hydrogens is 356 g/mol. The summed E-state index contributed by atoms with van der Waals surface area (Å²) in [7, 11) is 0. The van der Waals surface area contributed by atoms with Gasteiger partial charge in [0.15, 0.2) is 0 Å². The molecule has 1 spiro atoms. The van der Waals surface area contributed by atoms with E-state index in [4.69, 9.17) is 4.74 Å². The number of fused-ring (bicyclic) bond motifs is 1. The lowest BCUT2D eigenvalue weighted by Gasteiger charge is -2.33. The van der Waals surface area contributed by atoms with Gasteiger partial charge in [-0.3, -0.25) is 4.79 Å². The molecule has 1 aliphatic carbocycles. The Morgan fingerprint density at radius 2 is 1.96 bits per heavy atom. The predicted molar refractivity (Wildman–Crippen MR) is 102 cm³/mol. The Balaban J connectivity index is 1.24. The average Bonchev–Trinajstić information content (AvgIpc) is 3.34. The standard InChI is InChI=1S/C20H24N6O2/c27-18(26-6-3-20(12-26)4-7-28-8-5-20)14-9-22-19(23-10-14)25-17-2-1-16-15(17)11-21-13-24-16/h9-11,13,17H,1-8,12H2,(H,22,23,25). The molecule has 5 rings (SSSR count). The zero-order valence-corrected chi connectivity index (χ0v) is 15.8. The van der Waals surface area contributed by atoms with Gasteiger partial charge in [-0.25, -0.2) is 19.9 Å². The number of carbonyl (C=O) groups excluding carboxylic acids is 1. The zero-order valence-electron chi connectivity index (χ0n) is 15.8. The Kier molecular flexibility index (Phi) is 4.43. The summed E-state index contributed by atoms with van der Waals surface area (Å²) in [6.45, 7) is 3.23. The summed E-state index contributed by atoms with van der Waals surface area (Å²) in [5, 5.41) is 3.34. The van der Waals surface area contributed by atoms with Crippen molar-refractivity contribution < 1.29 is 9.53 Å². The van der Waals surface area contributed by atoms with Crippen molar-refractivity contribution in [1.29, 1.82) is 0 Å². The van der Waals surface area contributed by atoms with Gasteiger partial charge in [-0.1, -0.05) is 0 Å². The van der Waals surface area contributed by atoms with Gasteiger partial charge in [0.2, 0.25) is 5.95 Å². The van der Waals surface area contributed by atoms with Crippen LogP contribution in [0.25, 0.3) is 0 Å². The molecule has 0 aromatic carbocycles. The van der Waals surface area contributed by atoms with Gasteiger partial charge in [-0.05, 0) is 37.5 Å². The Labute approximate surface area is 163 Å². The Morgan fingerprint density at radius 1 is 1.14 bits per heavy atom. The van der Waals surface area contributed by atoms with Crippen LogP contribution in [-0.4, -0.2) is 57.0 Å². The summed E-state index contributed by atoms with van der Waals surface area (Å²) >= 11 is 0. The largest absolute Gasteiger partial charge is 0.381 e. The summed E-state index contributed by atoms with van der Waals surface area (Å²) in [5.74, 6) is 0.551. The molecular formula is C20H24N6O2. The summed E-state index contributed by atoms with van der Waals surface area (Å²) in [6.07, 6.45) is 11.7. The fraction of sp³-hybridized carbons (Fsp3) is 0.550. The molecule has 1 unspecified atom stereocenters. The summed E-state index contributed by atoms with van der Waals surface area (Å²) in [6, 6.07) is 0.115. The molecule has 8 nitrogen and oxygen atoms in total. The number of hydrogen-bond acceptors (Lipinski definition) is 7. The van der Waals surface area contributed by atoms with E-state index in [0.29, 0.717) is 11.5 Å². The van der Waals surface area contributed by atoms with Crippen molar-refractivity contribution in [2.24, 2.45) is 5.41 Å². The minimum atomic E-state index is 0.0227. The third kappa shape index (κ3) is 3.22. The first-order valence-corrected chi connectivity index (χ1v) is 9.97. The number of nitrogens with one attached hydrogen (secondary N) is 1. The molecule has 3 aliphatic rings. The van der Waals surface area contributed by atoms with Gasteiger partial charge < -0.3 is 15.0 Å². The maximum atomic E-state index is 12.9. The van der Waals surface area contributed by atoms with Crippen molar-refractivity contribution in [3.8, 4) is 0 Å². The molecule has 2 aromatic rings. The molecule has 2 aromatic heterocycles. The molecule has 28 heavy (non-hydrogen) atoms. The summed E-state index contributed by atoms with van der Waals surface area (Å²) in [4.78, 5) is 32.0. The van der Waals surface area contributed by atoms with Crippen LogP contribution in [-0.2, 0) is 11.2 Å². The molecule has 0 saturated carbocycles. The first kappa shape index (κ1) is 17.5. The molecule has 2 saturated heterocycles. The van der Waals surface area contributed by atoms with E-state index >= 15 is 0 Å². The fourth-order valence-corrected chi connectivity index (χ4v) is 4.62. The molecule has 4 heterocycles. The predicted octanol–water partition coefficient (Wildman–Crippen LogP) is 2.01. The molecule has 0 radical (unpaired) electrons. The van der Waals surface area contributed by atoms with E-state index in [1.54, 1.807) is 18.7 Å². The van der Waals surface area contributed by atoms with E-state index in [9.17, 15) is 4.79 Å². The van der Waals surface area contributed by atoms with Crippen LogP contribution in [0.2, 0.25) is 0 Å². The monoisotopic (exact) mass is 380 g/mol. The van der Waals surface area contributed by atoms with Crippen LogP contribution in [0.5, 0.6) is 0 Å². The lowest BCUT2D eigenvalue weighted by atomic mass is 9.80. The van der Waals surface area contributed by atoms with Crippen molar-refractivity contribution >= 4 is 11.9 Å². The minimum absolute atomic E-state index is 0.0227. The van der Waals surface area contributed by atoms with Gasteiger partial charge in [0.05, 0.1) is 11.6 Å². The van der Waals surface area contributed by atoms with Gasteiger partial charge in [-0.2, -0.15) is 0 Å². The number of ether oxygens (including phenoxy) is 1. The van der Waals surface area contributed by atoms with Crippen LogP contribution < -0.4 is 5.32 Å². The van der Waals surface area contributed by atoms with Crippen molar-refractivity contribution in [1.82, 2.24) is 24.8 Å². The van der Waals surface area contributed by atoms with Crippen LogP contribution >= 0.6 is 0 Å². The maximum absolute atomic E-state index is 12.9. The second-order valence-corrected chi connectivity index (χ2v) is 8.04. The smallest absolute Gasteiger partial charge is 0.257 e. The van der Waals surface area contributed by atoms with Crippen LogP contribution in [0.1, 0.15) is 53.3 Å². The number of hydrogen-bond donors (Lipinski definition) is 1. The molecule has 1 N–H and O–H groups in total. The van der Waals surface area contributed by atoms with Gasteiger partial charge in [-0.15, -0.1) is 0 Å². The number of anilines is 1. The average molecular weight is 380 g/mol. The van der Waals surface area contributed by atoms with E-state index in [0.717, 1.165) is 69.7 Å². The molecule has 1 atom stereocenters. The van der Waals surface area contributed by atoms with E-state index in [2.05, 4.69) is 25.3 Å². The van der Waals surface area contributed by atoms with Crippen LogP contribution in [0.3, 0.4) is 0 Å². The van der Waals surface area contributed by atoms with Crippen molar-refractivity contribution in [3.63, 3.8) is 0 Å². The van der Waals surface area contributed by atoms with E-state index in [1.807, 2.05) is 11.1 Å². The van der Waals surface area contributed by atoms with Crippen LogP contribution in [0, 0.1) is 5.41 Å². The maximum Gasteiger partial charge on any atom is 0.257 e. The van der Waals surface area contributed by atoms with Crippen molar-refractivity contribution in [2.45, 2.75) is 38.1 Å². The number of nitrogens with zero attached hydrogens (tertiary/aromatic N) is 5. The van der Waals surface area contributed by atoms with Crippen molar-refractivity contribution in [2.75, 3.05) is 31.6 Å². The van der Waals surface area contributed by atoms with E-state index in [-0.39, 0.29) is 17.4 Å². The minimum Gasteiger partial charge on any atom is -0.381 e. The number of rotatable bonds is 3.